The van der Waals surface area contributed by atoms with Crippen LogP contribution in [0.3, 0.4) is 0 Å². The minimum Gasteiger partial charge on any atom is -0.270 e. The molecule has 1 rings (SSSR count). The van der Waals surface area contributed by atoms with E-state index in [0.29, 0.717) is 6.61 Å². The van der Waals surface area contributed by atoms with E-state index < -0.39 is 10.1 Å². The van der Waals surface area contributed by atoms with Gasteiger partial charge < -0.3 is 0 Å². The molecule has 90 valence electrons. The number of rotatable bonds is 7. The van der Waals surface area contributed by atoms with Gasteiger partial charge in [0.1, 0.15) is 0 Å². The van der Waals surface area contributed by atoms with Gasteiger partial charge in [0.05, 0.1) is 11.9 Å². The van der Waals surface area contributed by atoms with Crippen molar-refractivity contribution in [3.8, 4) is 0 Å². The zero-order valence-electron chi connectivity index (χ0n) is 9.57. The molecule has 3 nitrogen and oxygen atoms in total. The molecule has 0 amide bonds. The van der Waals surface area contributed by atoms with Gasteiger partial charge >= 0.3 is 0 Å². The van der Waals surface area contributed by atoms with Gasteiger partial charge in [0.15, 0.2) is 0 Å². The molecule has 0 unspecified atom stereocenters. The molecule has 0 aliphatic heterocycles. The molecule has 15 heavy (non-hydrogen) atoms. The number of hydrogen-bond donors (Lipinski definition) is 0. The lowest BCUT2D eigenvalue weighted by Crippen LogP contribution is -2.20. The largest absolute Gasteiger partial charge is 0.270 e. The highest BCUT2D eigenvalue weighted by molar-refractivity contribution is 7.87. The zero-order chi connectivity index (χ0) is 11.1. The first-order chi connectivity index (χ1) is 7.17. The molecule has 0 spiro atoms. The summed E-state index contributed by atoms with van der Waals surface area (Å²) in [5.41, 5.74) is 0. The van der Waals surface area contributed by atoms with E-state index >= 15 is 0 Å². The summed E-state index contributed by atoms with van der Waals surface area (Å²) in [7, 11) is -3.25. The van der Waals surface area contributed by atoms with E-state index in [-0.39, 0.29) is 5.25 Å². The summed E-state index contributed by atoms with van der Waals surface area (Å²) in [6.45, 7) is 2.51. The van der Waals surface area contributed by atoms with Crippen LogP contribution < -0.4 is 0 Å². The summed E-state index contributed by atoms with van der Waals surface area (Å²) < 4.78 is 28.3. The topological polar surface area (TPSA) is 43.4 Å². The molecule has 0 aromatic rings. The molecule has 0 radical (unpaired) electrons. The molecule has 1 fully saturated rings. The Morgan fingerprint density at radius 1 is 1.13 bits per heavy atom. The highest BCUT2D eigenvalue weighted by Gasteiger charge is 2.29. The minimum atomic E-state index is -3.25. The fourth-order valence-electron chi connectivity index (χ4n) is 1.98. The average Bonchev–Trinajstić information content (AvgIpc) is 2.70. The van der Waals surface area contributed by atoms with Crippen LogP contribution in [0.5, 0.6) is 0 Å². The first kappa shape index (κ1) is 13.0. The van der Waals surface area contributed by atoms with Gasteiger partial charge in [0, 0.05) is 0 Å². The number of unbranched alkanes of at least 4 members (excludes halogenated alkanes) is 3. The van der Waals surface area contributed by atoms with Gasteiger partial charge in [-0.15, -0.1) is 0 Å². The Balaban J connectivity index is 2.18. The second-order valence-corrected chi connectivity index (χ2v) is 6.17. The van der Waals surface area contributed by atoms with Crippen LogP contribution in [0.15, 0.2) is 0 Å². The summed E-state index contributed by atoms with van der Waals surface area (Å²) >= 11 is 0. The highest BCUT2D eigenvalue weighted by Crippen LogP contribution is 2.25. The summed E-state index contributed by atoms with van der Waals surface area (Å²) in [5, 5.41) is -0.219. The maximum Gasteiger partial charge on any atom is 0.270 e. The average molecular weight is 234 g/mol. The summed E-state index contributed by atoms with van der Waals surface area (Å²) in [6, 6.07) is 0. The van der Waals surface area contributed by atoms with E-state index in [4.69, 9.17) is 4.18 Å². The molecule has 1 aliphatic rings. The van der Waals surface area contributed by atoms with Crippen LogP contribution in [0.2, 0.25) is 0 Å². The van der Waals surface area contributed by atoms with Gasteiger partial charge in [-0.05, 0) is 19.3 Å². The lowest BCUT2D eigenvalue weighted by molar-refractivity contribution is 0.301. The first-order valence-corrected chi connectivity index (χ1v) is 7.52. The van der Waals surface area contributed by atoms with Crippen molar-refractivity contribution in [3.05, 3.63) is 0 Å². The lowest BCUT2D eigenvalue weighted by Gasteiger charge is -2.10. The van der Waals surface area contributed by atoms with Gasteiger partial charge in [-0.2, -0.15) is 8.42 Å². The molecule has 1 aliphatic carbocycles. The second kappa shape index (κ2) is 6.48. The van der Waals surface area contributed by atoms with Crippen molar-refractivity contribution in [1.29, 1.82) is 0 Å². The van der Waals surface area contributed by atoms with Crippen molar-refractivity contribution in [1.82, 2.24) is 0 Å². The van der Waals surface area contributed by atoms with Crippen molar-refractivity contribution in [2.24, 2.45) is 0 Å². The minimum absolute atomic E-state index is 0.219. The van der Waals surface area contributed by atoms with Crippen molar-refractivity contribution in [3.63, 3.8) is 0 Å². The molecule has 1 saturated carbocycles. The van der Waals surface area contributed by atoms with Crippen LogP contribution in [-0.4, -0.2) is 20.3 Å². The van der Waals surface area contributed by atoms with Crippen LogP contribution >= 0.6 is 0 Å². The van der Waals surface area contributed by atoms with Crippen LogP contribution in [-0.2, 0) is 14.3 Å². The summed E-state index contributed by atoms with van der Waals surface area (Å²) in [4.78, 5) is 0. The van der Waals surface area contributed by atoms with Gasteiger partial charge in [-0.25, -0.2) is 0 Å². The van der Waals surface area contributed by atoms with Crippen molar-refractivity contribution < 1.29 is 12.6 Å². The van der Waals surface area contributed by atoms with E-state index in [0.717, 1.165) is 51.4 Å². The second-order valence-electron chi connectivity index (χ2n) is 4.28. The molecular weight excluding hydrogens is 212 g/mol. The molecule has 4 heteroatoms. The highest BCUT2D eigenvalue weighted by atomic mass is 32.2. The normalized spacial score (nSPS) is 18.5. The third-order valence-corrected chi connectivity index (χ3v) is 4.74. The molecule has 0 saturated heterocycles. The SMILES string of the molecule is CCCCCCOS(=O)(=O)C1CCCC1. The van der Waals surface area contributed by atoms with E-state index in [9.17, 15) is 8.42 Å². The van der Waals surface area contributed by atoms with Gasteiger partial charge in [-0.1, -0.05) is 39.0 Å². The third-order valence-electron chi connectivity index (χ3n) is 2.96. The summed E-state index contributed by atoms with van der Waals surface area (Å²) in [5.74, 6) is 0. The molecule has 0 heterocycles. The van der Waals surface area contributed by atoms with Crippen molar-refractivity contribution in [2.45, 2.75) is 63.5 Å². The van der Waals surface area contributed by atoms with E-state index in [1.807, 2.05) is 0 Å². The summed E-state index contributed by atoms with van der Waals surface area (Å²) in [6.07, 6.45) is 7.89. The van der Waals surface area contributed by atoms with Crippen LogP contribution in [0.1, 0.15) is 58.3 Å². The predicted molar refractivity (Wildman–Crippen MR) is 61.3 cm³/mol. The quantitative estimate of drug-likeness (QED) is 0.502. The Morgan fingerprint density at radius 3 is 2.40 bits per heavy atom. The van der Waals surface area contributed by atoms with Gasteiger partial charge in [0.2, 0.25) is 0 Å². The standard InChI is InChI=1S/C11H22O3S/c1-2-3-4-7-10-14-15(12,13)11-8-5-6-9-11/h11H,2-10H2,1H3. The zero-order valence-corrected chi connectivity index (χ0v) is 10.4. The maximum absolute atomic E-state index is 11.6. The van der Waals surface area contributed by atoms with E-state index in [1.54, 1.807) is 0 Å². The molecular formula is C11H22O3S. The van der Waals surface area contributed by atoms with Crippen LogP contribution in [0.4, 0.5) is 0 Å². The Kier molecular flexibility index (Phi) is 5.61. The Hall–Kier alpha value is -0.0900. The fourth-order valence-corrected chi connectivity index (χ4v) is 3.43. The predicted octanol–water partition coefficient (Wildman–Crippen LogP) is 2.86. The molecule has 0 atom stereocenters. The smallest absolute Gasteiger partial charge is 0.270 e. The Labute approximate surface area is 93.3 Å². The Bertz CT molecular complexity index is 253. The third kappa shape index (κ3) is 4.51. The van der Waals surface area contributed by atoms with Gasteiger partial charge in [0.25, 0.3) is 10.1 Å². The van der Waals surface area contributed by atoms with Crippen LogP contribution in [0, 0.1) is 0 Å². The molecule has 0 aromatic carbocycles. The maximum atomic E-state index is 11.6. The molecule has 0 bridgehead atoms. The monoisotopic (exact) mass is 234 g/mol. The number of hydrogen-bond acceptors (Lipinski definition) is 3. The molecule has 0 aromatic heterocycles. The fraction of sp³-hybridized carbons (Fsp3) is 1.00. The van der Waals surface area contributed by atoms with Gasteiger partial charge in [-0.3, -0.25) is 4.18 Å². The van der Waals surface area contributed by atoms with Crippen LogP contribution in [0.25, 0.3) is 0 Å². The van der Waals surface area contributed by atoms with Crippen molar-refractivity contribution in [2.75, 3.05) is 6.61 Å². The van der Waals surface area contributed by atoms with E-state index in [2.05, 4.69) is 6.92 Å². The molecule has 0 N–H and O–H groups in total. The van der Waals surface area contributed by atoms with Crippen molar-refractivity contribution >= 4 is 10.1 Å². The lowest BCUT2D eigenvalue weighted by atomic mass is 10.2. The first-order valence-electron chi connectivity index (χ1n) is 6.05. The van der Waals surface area contributed by atoms with E-state index in [1.165, 1.54) is 0 Å². The Morgan fingerprint density at radius 2 is 1.80 bits per heavy atom.